The minimum absolute atomic E-state index is 0.641. The van der Waals surface area contributed by atoms with Gasteiger partial charge in [-0.15, -0.1) is 6.58 Å². The van der Waals surface area contributed by atoms with Crippen LogP contribution in [-0.2, 0) is 0 Å². The lowest BCUT2D eigenvalue weighted by Gasteiger charge is -2.22. The number of hydrogen-bond acceptors (Lipinski definition) is 0. The van der Waals surface area contributed by atoms with E-state index in [2.05, 4.69) is 33.9 Å². The lowest BCUT2D eigenvalue weighted by atomic mass is 9.83. The molecular formula is C12H22. The van der Waals surface area contributed by atoms with Crippen molar-refractivity contribution in [3.63, 3.8) is 0 Å². The van der Waals surface area contributed by atoms with Gasteiger partial charge in [0, 0.05) is 0 Å². The van der Waals surface area contributed by atoms with E-state index in [9.17, 15) is 0 Å². The number of allylic oxidation sites excluding steroid dienone is 2. The van der Waals surface area contributed by atoms with E-state index in [-0.39, 0.29) is 0 Å². The minimum atomic E-state index is 0.641. The summed E-state index contributed by atoms with van der Waals surface area (Å²) in [7, 11) is 0. The summed E-state index contributed by atoms with van der Waals surface area (Å²) in [5.41, 5.74) is 1.30. The highest BCUT2D eigenvalue weighted by atomic mass is 14.2. The van der Waals surface area contributed by atoms with Gasteiger partial charge < -0.3 is 0 Å². The topological polar surface area (TPSA) is 0 Å². The molecule has 0 bridgehead atoms. The third-order valence-corrected chi connectivity index (χ3v) is 2.48. The van der Waals surface area contributed by atoms with E-state index in [0.29, 0.717) is 5.92 Å². The predicted molar refractivity (Wildman–Crippen MR) is 57.2 cm³/mol. The van der Waals surface area contributed by atoms with Gasteiger partial charge in [0.25, 0.3) is 0 Å². The van der Waals surface area contributed by atoms with Crippen LogP contribution in [0, 0.1) is 11.8 Å². The molecule has 0 heterocycles. The molecule has 2 unspecified atom stereocenters. The van der Waals surface area contributed by atoms with E-state index >= 15 is 0 Å². The van der Waals surface area contributed by atoms with E-state index in [0.717, 1.165) is 12.3 Å². The van der Waals surface area contributed by atoms with E-state index < -0.39 is 0 Å². The summed E-state index contributed by atoms with van der Waals surface area (Å²) >= 11 is 0. The van der Waals surface area contributed by atoms with Gasteiger partial charge in [0.15, 0.2) is 0 Å². The molecule has 0 rings (SSSR count). The zero-order valence-corrected chi connectivity index (χ0v) is 8.77. The smallest absolute Gasteiger partial charge is 0.0148 e. The highest BCUT2D eigenvalue weighted by Gasteiger charge is 2.15. The maximum absolute atomic E-state index is 4.03. The highest BCUT2D eigenvalue weighted by molar-refractivity contribution is 5.00. The van der Waals surface area contributed by atoms with Crippen molar-refractivity contribution in [2.24, 2.45) is 11.8 Å². The minimum Gasteiger partial charge on any atom is -0.103 e. The summed E-state index contributed by atoms with van der Waals surface area (Å²) in [6.07, 6.45) is 5.65. The van der Waals surface area contributed by atoms with Gasteiger partial charge in [-0.1, -0.05) is 44.9 Å². The normalized spacial score (nSPS) is 15.2. The van der Waals surface area contributed by atoms with Crippen LogP contribution in [0.2, 0.25) is 0 Å². The first kappa shape index (κ1) is 11.5. The molecule has 0 aromatic carbocycles. The Morgan fingerprint density at radius 2 is 2.08 bits per heavy atom. The molecule has 0 fully saturated rings. The van der Waals surface area contributed by atoms with Crippen molar-refractivity contribution in [3.05, 3.63) is 24.8 Å². The quantitative estimate of drug-likeness (QED) is 0.519. The van der Waals surface area contributed by atoms with E-state index in [4.69, 9.17) is 0 Å². The summed E-state index contributed by atoms with van der Waals surface area (Å²) in [6, 6.07) is 0. The van der Waals surface area contributed by atoms with Crippen LogP contribution in [0.4, 0.5) is 0 Å². The molecule has 0 aliphatic rings. The first-order chi connectivity index (χ1) is 5.63. The van der Waals surface area contributed by atoms with Gasteiger partial charge in [-0.05, 0) is 25.2 Å². The SMILES string of the molecule is C=CCC(C(=C)C)C(C)CCC. The zero-order chi connectivity index (χ0) is 9.56. The average molecular weight is 166 g/mol. The molecule has 0 saturated heterocycles. The Balaban J connectivity index is 4.08. The van der Waals surface area contributed by atoms with Crippen LogP contribution < -0.4 is 0 Å². The fraction of sp³-hybridized carbons (Fsp3) is 0.667. The maximum Gasteiger partial charge on any atom is -0.0148 e. The van der Waals surface area contributed by atoms with E-state index in [1.54, 1.807) is 0 Å². The van der Waals surface area contributed by atoms with Crippen LogP contribution in [0.5, 0.6) is 0 Å². The Morgan fingerprint density at radius 3 is 2.42 bits per heavy atom. The Bertz CT molecular complexity index is 144. The third-order valence-electron chi connectivity index (χ3n) is 2.48. The highest BCUT2D eigenvalue weighted by Crippen LogP contribution is 2.26. The van der Waals surface area contributed by atoms with Crippen molar-refractivity contribution in [2.45, 2.75) is 40.0 Å². The van der Waals surface area contributed by atoms with Gasteiger partial charge in [0.05, 0.1) is 0 Å². The van der Waals surface area contributed by atoms with Crippen LogP contribution in [0.3, 0.4) is 0 Å². The van der Waals surface area contributed by atoms with Crippen LogP contribution in [0.1, 0.15) is 40.0 Å². The number of rotatable bonds is 6. The molecule has 0 N–H and O–H groups in total. The van der Waals surface area contributed by atoms with Crippen molar-refractivity contribution >= 4 is 0 Å². The molecule has 0 aliphatic heterocycles. The second-order valence-electron chi connectivity index (χ2n) is 3.74. The first-order valence-corrected chi connectivity index (χ1v) is 4.89. The van der Waals surface area contributed by atoms with Gasteiger partial charge in [0.2, 0.25) is 0 Å². The van der Waals surface area contributed by atoms with Crippen LogP contribution >= 0.6 is 0 Å². The first-order valence-electron chi connectivity index (χ1n) is 4.89. The molecule has 0 radical (unpaired) electrons. The Labute approximate surface area is 77.4 Å². The summed E-state index contributed by atoms with van der Waals surface area (Å²) in [4.78, 5) is 0. The maximum atomic E-state index is 4.03. The fourth-order valence-corrected chi connectivity index (χ4v) is 1.76. The van der Waals surface area contributed by atoms with Crippen molar-refractivity contribution in [1.82, 2.24) is 0 Å². The summed E-state index contributed by atoms with van der Waals surface area (Å²) in [5.74, 6) is 1.40. The second-order valence-corrected chi connectivity index (χ2v) is 3.74. The van der Waals surface area contributed by atoms with Crippen molar-refractivity contribution in [3.8, 4) is 0 Å². The fourth-order valence-electron chi connectivity index (χ4n) is 1.76. The van der Waals surface area contributed by atoms with Gasteiger partial charge >= 0.3 is 0 Å². The molecule has 0 aromatic heterocycles. The predicted octanol–water partition coefficient (Wildman–Crippen LogP) is 4.19. The molecule has 2 atom stereocenters. The Kier molecular flexibility index (Phi) is 5.79. The molecule has 0 aliphatic carbocycles. The standard InChI is InChI=1S/C12H22/c1-6-8-11(5)12(9-7-2)10(3)4/h7,11-12H,2-3,6,8-9H2,1,4-5H3. The van der Waals surface area contributed by atoms with E-state index in [1.165, 1.54) is 18.4 Å². The van der Waals surface area contributed by atoms with Gasteiger partial charge in [-0.3, -0.25) is 0 Å². The lowest BCUT2D eigenvalue weighted by molar-refractivity contribution is 0.384. The molecule has 0 heteroatoms. The summed E-state index contributed by atoms with van der Waals surface area (Å²) in [5, 5.41) is 0. The molecule has 0 spiro atoms. The van der Waals surface area contributed by atoms with Crippen molar-refractivity contribution in [2.75, 3.05) is 0 Å². The van der Waals surface area contributed by atoms with Crippen LogP contribution in [0.15, 0.2) is 24.8 Å². The van der Waals surface area contributed by atoms with Gasteiger partial charge in [-0.25, -0.2) is 0 Å². The van der Waals surface area contributed by atoms with Gasteiger partial charge in [0.1, 0.15) is 0 Å². The largest absolute Gasteiger partial charge is 0.103 e. The molecule has 70 valence electrons. The Hall–Kier alpha value is -0.520. The third kappa shape index (κ3) is 3.75. The zero-order valence-electron chi connectivity index (χ0n) is 8.77. The van der Waals surface area contributed by atoms with E-state index in [1.807, 2.05) is 6.08 Å². The van der Waals surface area contributed by atoms with Gasteiger partial charge in [-0.2, -0.15) is 0 Å². The van der Waals surface area contributed by atoms with Crippen molar-refractivity contribution in [1.29, 1.82) is 0 Å². The van der Waals surface area contributed by atoms with Crippen LogP contribution in [-0.4, -0.2) is 0 Å². The summed E-state index contributed by atoms with van der Waals surface area (Å²) < 4.78 is 0. The molecule has 12 heavy (non-hydrogen) atoms. The lowest BCUT2D eigenvalue weighted by Crippen LogP contribution is -2.11. The molecule has 0 aromatic rings. The monoisotopic (exact) mass is 166 g/mol. The summed E-state index contributed by atoms with van der Waals surface area (Å²) in [6.45, 7) is 14.5. The van der Waals surface area contributed by atoms with Crippen molar-refractivity contribution < 1.29 is 0 Å². The second kappa shape index (κ2) is 6.05. The average Bonchev–Trinajstić information content (AvgIpc) is 1.99. The molecule has 0 nitrogen and oxygen atoms in total. The molecule has 0 saturated carbocycles. The van der Waals surface area contributed by atoms with Crippen LogP contribution in [0.25, 0.3) is 0 Å². The molecular weight excluding hydrogens is 144 g/mol. The Morgan fingerprint density at radius 1 is 1.50 bits per heavy atom. The number of hydrogen-bond donors (Lipinski definition) is 0. The molecule has 0 amide bonds.